The van der Waals surface area contributed by atoms with Crippen molar-refractivity contribution < 1.29 is 14.3 Å². The standard InChI is InChI=1S/C20H19N3O3S/c1-23(11-18-21-14-6-4-5-7-17(14)27-18)20(24)15-9-12-8-13(25-2)10-16(26-3)19(12)22-15/h4-10,22H,11H2,1-3H3. The van der Waals surface area contributed by atoms with Crippen molar-refractivity contribution in [2.75, 3.05) is 21.3 Å². The van der Waals surface area contributed by atoms with Gasteiger partial charge in [0, 0.05) is 18.5 Å². The number of aromatic amines is 1. The predicted octanol–water partition coefficient (Wildman–Crippen LogP) is 4.07. The number of rotatable bonds is 5. The van der Waals surface area contributed by atoms with Gasteiger partial charge >= 0.3 is 0 Å². The van der Waals surface area contributed by atoms with Crippen molar-refractivity contribution in [1.82, 2.24) is 14.9 Å². The summed E-state index contributed by atoms with van der Waals surface area (Å²) in [6.07, 6.45) is 0. The quantitative estimate of drug-likeness (QED) is 0.566. The van der Waals surface area contributed by atoms with Gasteiger partial charge in [0.25, 0.3) is 5.91 Å². The number of nitrogens with zero attached hydrogens (tertiary/aromatic N) is 2. The number of amides is 1. The Morgan fingerprint density at radius 3 is 2.74 bits per heavy atom. The summed E-state index contributed by atoms with van der Waals surface area (Å²) in [7, 11) is 4.97. The molecule has 0 aliphatic heterocycles. The maximum absolute atomic E-state index is 12.9. The summed E-state index contributed by atoms with van der Waals surface area (Å²) in [5.74, 6) is 1.21. The third-order valence-corrected chi connectivity index (χ3v) is 5.43. The number of carbonyl (C=O) groups is 1. The number of nitrogens with one attached hydrogen (secondary N) is 1. The number of hydrogen-bond acceptors (Lipinski definition) is 5. The number of hydrogen-bond donors (Lipinski definition) is 1. The van der Waals surface area contributed by atoms with E-state index < -0.39 is 0 Å². The smallest absolute Gasteiger partial charge is 0.270 e. The van der Waals surface area contributed by atoms with E-state index in [2.05, 4.69) is 9.97 Å². The van der Waals surface area contributed by atoms with Gasteiger partial charge in [-0.2, -0.15) is 0 Å². The van der Waals surface area contributed by atoms with Crippen LogP contribution in [0.4, 0.5) is 0 Å². The van der Waals surface area contributed by atoms with E-state index in [1.54, 1.807) is 43.6 Å². The fourth-order valence-corrected chi connectivity index (χ4v) is 4.07. The number of ether oxygens (including phenoxy) is 2. The summed E-state index contributed by atoms with van der Waals surface area (Å²) in [5, 5.41) is 1.77. The van der Waals surface area contributed by atoms with Gasteiger partial charge in [-0.05, 0) is 24.3 Å². The van der Waals surface area contributed by atoms with Gasteiger partial charge in [0.05, 0.1) is 36.5 Å². The normalized spacial score (nSPS) is 11.1. The first-order valence-electron chi connectivity index (χ1n) is 8.43. The average Bonchev–Trinajstić information content (AvgIpc) is 3.29. The van der Waals surface area contributed by atoms with Crippen molar-refractivity contribution in [3.63, 3.8) is 0 Å². The van der Waals surface area contributed by atoms with E-state index in [1.807, 2.05) is 36.4 Å². The Morgan fingerprint density at radius 2 is 2.00 bits per heavy atom. The topological polar surface area (TPSA) is 67.5 Å². The third-order valence-electron chi connectivity index (χ3n) is 4.41. The summed E-state index contributed by atoms with van der Waals surface area (Å²) >= 11 is 1.60. The monoisotopic (exact) mass is 381 g/mol. The molecule has 1 N–H and O–H groups in total. The zero-order valence-corrected chi connectivity index (χ0v) is 16.1. The molecule has 1 amide bonds. The number of benzene rings is 2. The van der Waals surface area contributed by atoms with Crippen LogP contribution in [0.5, 0.6) is 11.5 Å². The molecule has 0 radical (unpaired) electrons. The largest absolute Gasteiger partial charge is 0.497 e. The van der Waals surface area contributed by atoms with Gasteiger partial charge < -0.3 is 19.4 Å². The molecule has 138 valence electrons. The summed E-state index contributed by atoms with van der Waals surface area (Å²) in [6, 6.07) is 13.5. The molecule has 6 nitrogen and oxygen atoms in total. The molecule has 0 fully saturated rings. The summed E-state index contributed by atoms with van der Waals surface area (Å²) < 4.78 is 11.8. The number of fused-ring (bicyclic) bond motifs is 2. The first-order valence-corrected chi connectivity index (χ1v) is 9.25. The van der Waals surface area contributed by atoms with Gasteiger partial charge in [0.15, 0.2) is 0 Å². The third kappa shape index (κ3) is 3.21. The molecule has 0 bridgehead atoms. The van der Waals surface area contributed by atoms with Crippen molar-refractivity contribution in [3.05, 3.63) is 53.2 Å². The molecule has 27 heavy (non-hydrogen) atoms. The zero-order chi connectivity index (χ0) is 19.0. The molecule has 0 spiro atoms. The number of aromatic nitrogens is 2. The maximum atomic E-state index is 12.9. The molecule has 4 aromatic rings. The van der Waals surface area contributed by atoms with Gasteiger partial charge in [-0.1, -0.05) is 12.1 Å². The molecule has 0 saturated carbocycles. The van der Waals surface area contributed by atoms with Gasteiger partial charge in [-0.15, -0.1) is 11.3 Å². The van der Waals surface area contributed by atoms with Gasteiger partial charge in [0.1, 0.15) is 22.2 Å². The SMILES string of the molecule is COc1cc(OC)c2[nH]c(C(=O)N(C)Cc3nc4ccccc4s3)cc2c1. The van der Waals surface area contributed by atoms with E-state index >= 15 is 0 Å². The van der Waals surface area contributed by atoms with Crippen molar-refractivity contribution in [2.45, 2.75) is 6.54 Å². The fraction of sp³-hybridized carbons (Fsp3) is 0.200. The van der Waals surface area contributed by atoms with E-state index in [1.165, 1.54) is 0 Å². The Morgan fingerprint density at radius 1 is 1.19 bits per heavy atom. The number of para-hydroxylation sites is 1. The van der Waals surface area contributed by atoms with Crippen LogP contribution in [0, 0.1) is 0 Å². The molecule has 2 aromatic carbocycles. The fourth-order valence-electron chi connectivity index (χ4n) is 3.05. The second-order valence-corrected chi connectivity index (χ2v) is 7.33. The number of carbonyl (C=O) groups excluding carboxylic acids is 1. The van der Waals surface area contributed by atoms with Gasteiger partial charge in [-0.3, -0.25) is 4.79 Å². The second-order valence-electron chi connectivity index (χ2n) is 6.21. The molecule has 4 rings (SSSR count). The lowest BCUT2D eigenvalue weighted by Gasteiger charge is -2.14. The van der Waals surface area contributed by atoms with Crippen molar-refractivity contribution in [2.24, 2.45) is 0 Å². The Kier molecular flexibility index (Phi) is 4.45. The first kappa shape index (κ1) is 17.4. The maximum Gasteiger partial charge on any atom is 0.270 e. The second kappa shape index (κ2) is 6.92. The van der Waals surface area contributed by atoms with E-state index in [4.69, 9.17) is 9.47 Å². The molecule has 7 heteroatoms. The highest BCUT2D eigenvalue weighted by Crippen LogP contribution is 2.31. The minimum absolute atomic E-state index is 0.105. The van der Waals surface area contributed by atoms with Crippen molar-refractivity contribution in [3.8, 4) is 11.5 Å². The minimum Gasteiger partial charge on any atom is -0.497 e. The van der Waals surface area contributed by atoms with Crippen LogP contribution in [-0.4, -0.2) is 42.0 Å². The number of methoxy groups -OCH3 is 2. The Labute approximate surface area is 160 Å². The molecule has 2 heterocycles. The molecule has 0 aliphatic carbocycles. The minimum atomic E-state index is -0.105. The van der Waals surface area contributed by atoms with Gasteiger partial charge in [0.2, 0.25) is 0 Å². The zero-order valence-electron chi connectivity index (χ0n) is 15.3. The van der Waals surface area contributed by atoms with Crippen LogP contribution in [0.15, 0.2) is 42.5 Å². The van der Waals surface area contributed by atoms with Crippen LogP contribution >= 0.6 is 11.3 Å². The highest BCUT2D eigenvalue weighted by molar-refractivity contribution is 7.18. The lowest BCUT2D eigenvalue weighted by Crippen LogP contribution is -2.26. The number of H-pyrrole nitrogens is 1. The molecule has 0 saturated heterocycles. The van der Waals surface area contributed by atoms with E-state index in [9.17, 15) is 4.79 Å². The highest BCUT2D eigenvalue weighted by Gasteiger charge is 2.18. The van der Waals surface area contributed by atoms with Crippen molar-refractivity contribution in [1.29, 1.82) is 0 Å². The lowest BCUT2D eigenvalue weighted by molar-refractivity contribution is 0.0780. The summed E-state index contributed by atoms with van der Waals surface area (Å²) in [4.78, 5) is 22.3. The molecule has 0 unspecified atom stereocenters. The Bertz CT molecular complexity index is 1100. The van der Waals surface area contributed by atoms with E-state index in [0.717, 1.165) is 26.1 Å². The highest BCUT2D eigenvalue weighted by atomic mass is 32.1. The first-order chi connectivity index (χ1) is 13.1. The van der Waals surface area contributed by atoms with Crippen LogP contribution in [0.3, 0.4) is 0 Å². The van der Waals surface area contributed by atoms with Crippen LogP contribution in [-0.2, 0) is 6.54 Å². The molecule has 0 aliphatic rings. The molecular weight excluding hydrogens is 362 g/mol. The molecular formula is C20H19N3O3S. The van der Waals surface area contributed by atoms with Crippen LogP contribution in [0.25, 0.3) is 21.1 Å². The van der Waals surface area contributed by atoms with Crippen LogP contribution in [0.2, 0.25) is 0 Å². The summed E-state index contributed by atoms with van der Waals surface area (Å²) in [5.41, 5.74) is 2.23. The average molecular weight is 381 g/mol. The molecule has 2 aromatic heterocycles. The van der Waals surface area contributed by atoms with Gasteiger partial charge in [-0.25, -0.2) is 4.98 Å². The van der Waals surface area contributed by atoms with E-state index in [-0.39, 0.29) is 5.91 Å². The summed E-state index contributed by atoms with van der Waals surface area (Å²) in [6.45, 7) is 0.452. The lowest BCUT2D eigenvalue weighted by atomic mass is 10.2. The van der Waals surface area contributed by atoms with E-state index in [0.29, 0.717) is 23.7 Å². The number of thiazole rings is 1. The van der Waals surface area contributed by atoms with Crippen LogP contribution < -0.4 is 9.47 Å². The predicted molar refractivity (Wildman–Crippen MR) is 107 cm³/mol. The molecule has 0 atom stereocenters. The Hall–Kier alpha value is -3.06. The Balaban J connectivity index is 1.61. The van der Waals surface area contributed by atoms with Crippen LogP contribution in [0.1, 0.15) is 15.5 Å². The van der Waals surface area contributed by atoms with Crippen molar-refractivity contribution >= 4 is 38.4 Å².